The molecule has 0 bridgehead atoms. The molecule has 1 saturated heterocycles. The van der Waals surface area contributed by atoms with Crippen molar-refractivity contribution < 1.29 is 19.2 Å². The summed E-state index contributed by atoms with van der Waals surface area (Å²) in [5.74, 6) is 0.409. The van der Waals surface area contributed by atoms with Crippen molar-refractivity contribution in [3.05, 3.63) is 29.7 Å². The zero-order valence-corrected chi connectivity index (χ0v) is 19.0. The van der Waals surface area contributed by atoms with Gasteiger partial charge in [-0.05, 0) is 77.0 Å². The molecule has 0 unspecified atom stereocenters. The number of benzene rings is 1. The average Bonchev–Trinajstić information content (AvgIpc) is 3.09. The van der Waals surface area contributed by atoms with Gasteiger partial charge >= 0.3 is 0 Å². The Kier molecular flexibility index (Phi) is 6.24. The third kappa shape index (κ3) is 4.96. The summed E-state index contributed by atoms with van der Waals surface area (Å²) in [6.45, 7) is 5.64. The van der Waals surface area contributed by atoms with E-state index in [-0.39, 0.29) is 17.9 Å². The molecule has 1 aromatic carbocycles. The first-order valence-corrected chi connectivity index (χ1v) is 11.4. The maximum Gasteiger partial charge on any atom is 0.247 e. The second-order valence-corrected chi connectivity index (χ2v) is 9.38. The summed E-state index contributed by atoms with van der Waals surface area (Å²) >= 11 is 0. The molecule has 2 amide bonds. The Balaban J connectivity index is 1.60. The van der Waals surface area contributed by atoms with Crippen molar-refractivity contribution in [2.24, 2.45) is 0 Å². The molecule has 2 aromatic rings. The monoisotopic (exact) mass is 440 g/mol. The van der Waals surface area contributed by atoms with Crippen molar-refractivity contribution in [3.8, 4) is 11.1 Å². The zero-order chi connectivity index (χ0) is 22.9. The van der Waals surface area contributed by atoms with E-state index in [1.807, 2.05) is 39.0 Å². The number of hydrogen-bond donors (Lipinski definition) is 4. The van der Waals surface area contributed by atoms with Gasteiger partial charge in [0, 0.05) is 18.0 Å². The lowest BCUT2D eigenvalue weighted by Gasteiger charge is -2.34. The molecular formula is C24H32N4O4. The average molecular weight is 441 g/mol. The van der Waals surface area contributed by atoms with Gasteiger partial charge in [0.2, 0.25) is 11.8 Å². The molecule has 8 nitrogen and oxygen atoms in total. The van der Waals surface area contributed by atoms with E-state index in [2.05, 4.69) is 21.1 Å². The highest BCUT2D eigenvalue weighted by atomic mass is 16.5. The second kappa shape index (κ2) is 8.94. The molecular weight excluding hydrogens is 408 g/mol. The largest absolute Gasteiger partial charge is 0.390 e. The molecule has 32 heavy (non-hydrogen) atoms. The van der Waals surface area contributed by atoms with Crippen LogP contribution in [0.25, 0.3) is 11.1 Å². The highest BCUT2D eigenvalue weighted by molar-refractivity contribution is 6.00. The number of nitrogens with one attached hydrogen (secondary N) is 3. The van der Waals surface area contributed by atoms with Crippen LogP contribution in [-0.4, -0.2) is 39.8 Å². The quantitative estimate of drug-likeness (QED) is 0.564. The number of carbonyl (C=O) groups is 2. The Morgan fingerprint density at radius 2 is 1.97 bits per heavy atom. The normalized spacial score (nSPS) is 25.8. The number of aromatic nitrogens is 1. The highest BCUT2D eigenvalue weighted by Gasteiger charge is 2.30. The fourth-order valence-electron chi connectivity index (χ4n) is 4.65. The molecule has 1 aliphatic carbocycles. The second-order valence-electron chi connectivity index (χ2n) is 9.38. The molecule has 4 rings (SSSR count). The Hall–Kier alpha value is -2.87. The van der Waals surface area contributed by atoms with E-state index < -0.39 is 11.6 Å². The maximum absolute atomic E-state index is 13.0. The van der Waals surface area contributed by atoms with Crippen LogP contribution >= 0.6 is 0 Å². The fourth-order valence-corrected chi connectivity index (χ4v) is 4.65. The van der Waals surface area contributed by atoms with Gasteiger partial charge in [0.1, 0.15) is 11.8 Å². The lowest BCUT2D eigenvalue weighted by Crippen LogP contribution is -2.46. The van der Waals surface area contributed by atoms with Crippen molar-refractivity contribution in [1.29, 1.82) is 0 Å². The summed E-state index contributed by atoms with van der Waals surface area (Å²) < 4.78 is 5.32. The van der Waals surface area contributed by atoms with Crippen molar-refractivity contribution in [1.82, 2.24) is 10.5 Å². The van der Waals surface area contributed by atoms with E-state index in [1.165, 1.54) is 0 Å². The van der Waals surface area contributed by atoms with Gasteiger partial charge in [0.25, 0.3) is 0 Å². The standard InChI is InChI=1S/C24H32N4O4/c1-14-22(15(2)32-28-14)16-7-8-18(25-17-9-11-24(3,31)12-10-17)20(13-16)27-23(30)19-5-4-6-21(29)26-19/h7-8,13,17,19,25,31H,4-6,9-12H2,1-3H3,(H,26,29)(H,27,30)/t17?,19-,24?/m0/s1. The van der Waals surface area contributed by atoms with Gasteiger partial charge in [0.15, 0.2) is 0 Å². The van der Waals surface area contributed by atoms with Crippen LogP contribution in [0.3, 0.4) is 0 Å². The van der Waals surface area contributed by atoms with Gasteiger partial charge in [-0.1, -0.05) is 11.2 Å². The number of rotatable bonds is 5. The number of amides is 2. The van der Waals surface area contributed by atoms with Crippen LogP contribution in [0.4, 0.5) is 11.4 Å². The Morgan fingerprint density at radius 3 is 2.62 bits per heavy atom. The number of nitrogens with zero attached hydrogens (tertiary/aromatic N) is 1. The first-order valence-electron chi connectivity index (χ1n) is 11.4. The van der Waals surface area contributed by atoms with E-state index in [0.717, 1.165) is 54.0 Å². The van der Waals surface area contributed by atoms with Gasteiger partial charge in [-0.15, -0.1) is 0 Å². The molecule has 1 aliphatic heterocycles. The van der Waals surface area contributed by atoms with Crippen molar-refractivity contribution in [2.45, 2.75) is 83.4 Å². The van der Waals surface area contributed by atoms with Crippen LogP contribution in [0.1, 0.15) is 63.3 Å². The van der Waals surface area contributed by atoms with Crippen molar-refractivity contribution in [2.75, 3.05) is 10.6 Å². The Labute approximate surface area is 188 Å². The first kappa shape index (κ1) is 22.3. The number of hydrogen-bond acceptors (Lipinski definition) is 6. The van der Waals surface area contributed by atoms with E-state index in [0.29, 0.717) is 24.9 Å². The molecule has 1 saturated carbocycles. The van der Waals surface area contributed by atoms with Crippen LogP contribution < -0.4 is 16.0 Å². The van der Waals surface area contributed by atoms with E-state index in [4.69, 9.17) is 4.52 Å². The van der Waals surface area contributed by atoms with E-state index >= 15 is 0 Å². The number of piperidine rings is 1. The SMILES string of the molecule is Cc1noc(C)c1-c1ccc(NC2CCC(C)(O)CC2)c(NC(=O)[C@@H]2CCCC(=O)N2)c1. The third-order valence-electron chi connectivity index (χ3n) is 6.57. The van der Waals surface area contributed by atoms with Gasteiger partial charge in [-0.25, -0.2) is 0 Å². The summed E-state index contributed by atoms with van der Waals surface area (Å²) in [6, 6.07) is 5.56. The van der Waals surface area contributed by atoms with Crippen LogP contribution in [-0.2, 0) is 9.59 Å². The van der Waals surface area contributed by atoms with Crippen LogP contribution in [0.5, 0.6) is 0 Å². The number of aryl methyl sites for hydroxylation is 2. The lowest BCUT2D eigenvalue weighted by atomic mass is 9.83. The van der Waals surface area contributed by atoms with Gasteiger partial charge in [0.05, 0.1) is 22.7 Å². The molecule has 1 aromatic heterocycles. The summed E-state index contributed by atoms with van der Waals surface area (Å²) in [5, 5.41) is 23.7. The maximum atomic E-state index is 13.0. The minimum Gasteiger partial charge on any atom is -0.390 e. The molecule has 0 radical (unpaired) electrons. The number of carbonyl (C=O) groups excluding carboxylic acids is 2. The molecule has 172 valence electrons. The molecule has 2 heterocycles. The third-order valence-corrected chi connectivity index (χ3v) is 6.57. The molecule has 1 atom stereocenters. The van der Waals surface area contributed by atoms with Crippen LogP contribution in [0, 0.1) is 13.8 Å². The Bertz CT molecular complexity index is 984. The topological polar surface area (TPSA) is 116 Å². The number of aliphatic hydroxyl groups is 1. The lowest BCUT2D eigenvalue weighted by molar-refractivity contribution is -0.128. The predicted octanol–water partition coefficient (Wildman–Crippen LogP) is 3.67. The Morgan fingerprint density at radius 1 is 1.22 bits per heavy atom. The van der Waals surface area contributed by atoms with Crippen LogP contribution in [0.2, 0.25) is 0 Å². The summed E-state index contributed by atoms with van der Waals surface area (Å²) in [7, 11) is 0. The molecule has 2 aliphatic rings. The smallest absolute Gasteiger partial charge is 0.247 e. The van der Waals surface area contributed by atoms with Crippen molar-refractivity contribution >= 4 is 23.2 Å². The van der Waals surface area contributed by atoms with E-state index in [1.54, 1.807) is 0 Å². The van der Waals surface area contributed by atoms with Crippen molar-refractivity contribution in [3.63, 3.8) is 0 Å². The van der Waals surface area contributed by atoms with Gasteiger partial charge in [-0.2, -0.15) is 0 Å². The predicted molar refractivity (Wildman–Crippen MR) is 122 cm³/mol. The molecule has 8 heteroatoms. The molecule has 2 fully saturated rings. The summed E-state index contributed by atoms with van der Waals surface area (Å²) in [6.07, 6.45) is 4.96. The summed E-state index contributed by atoms with van der Waals surface area (Å²) in [4.78, 5) is 24.7. The van der Waals surface area contributed by atoms with Gasteiger partial charge in [-0.3, -0.25) is 9.59 Å². The zero-order valence-electron chi connectivity index (χ0n) is 19.0. The van der Waals surface area contributed by atoms with Gasteiger partial charge < -0.3 is 25.6 Å². The first-order chi connectivity index (χ1) is 15.2. The van der Waals surface area contributed by atoms with Crippen LogP contribution in [0.15, 0.2) is 22.7 Å². The minimum atomic E-state index is -0.610. The van der Waals surface area contributed by atoms with E-state index in [9.17, 15) is 14.7 Å². The minimum absolute atomic E-state index is 0.0894. The molecule has 4 N–H and O–H groups in total. The fraction of sp³-hybridized carbons (Fsp3) is 0.542. The highest BCUT2D eigenvalue weighted by Crippen LogP contribution is 2.35. The summed E-state index contributed by atoms with van der Waals surface area (Å²) in [5.41, 5.74) is 3.47. The molecule has 0 spiro atoms. The number of anilines is 2.